The van der Waals surface area contributed by atoms with Crippen LogP contribution in [0.4, 0.5) is 17.1 Å². The highest BCUT2D eigenvalue weighted by Crippen LogP contribution is 2.22. The van der Waals surface area contributed by atoms with Gasteiger partial charge in [-0.2, -0.15) is 0 Å². The first kappa shape index (κ1) is 18.7. The average Bonchev–Trinajstić information content (AvgIpc) is 3.27. The molecule has 2 fully saturated rings. The molecule has 0 bridgehead atoms. The van der Waals surface area contributed by atoms with Gasteiger partial charge in [-0.3, -0.25) is 4.79 Å². The van der Waals surface area contributed by atoms with E-state index in [0.29, 0.717) is 6.54 Å². The first-order valence-corrected chi connectivity index (χ1v) is 10.4. The molecule has 2 aliphatic heterocycles. The lowest BCUT2D eigenvalue weighted by Crippen LogP contribution is -2.50. The lowest BCUT2D eigenvalue weighted by molar-refractivity contribution is -0.129. The number of hydrogen-bond acceptors (Lipinski definition) is 4. The van der Waals surface area contributed by atoms with Crippen molar-refractivity contribution in [2.45, 2.75) is 19.8 Å². The number of amides is 1. The molecule has 2 heterocycles. The van der Waals surface area contributed by atoms with Crippen LogP contribution >= 0.6 is 0 Å². The fourth-order valence-electron chi connectivity index (χ4n) is 4.09. The summed E-state index contributed by atoms with van der Waals surface area (Å²) in [6.45, 7) is 8.11. The third kappa shape index (κ3) is 4.41. The highest BCUT2D eigenvalue weighted by Gasteiger charge is 2.21. The molecule has 0 aromatic heterocycles. The molecule has 2 aromatic rings. The predicted molar refractivity (Wildman–Crippen MR) is 116 cm³/mol. The summed E-state index contributed by atoms with van der Waals surface area (Å²) in [5.74, 6) is 0.174. The zero-order valence-electron chi connectivity index (χ0n) is 16.7. The monoisotopic (exact) mass is 378 g/mol. The van der Waals surface area contributed by atoms with Gasteiger partial charge in [0, 0.05) is 56.3 Å². The lowest BCUT2D eigenvalue weighted by Gasteiger charge is -2.36. The van der Waals surface area contributed by atoms with E-state index >= 15 is 0 Å². The highest BCUT2D eigenvalue weighted by molar-refractivity contribution is 5.81. The Hall–Kier alpha value is -2.69. The molecule has 0 unspecified atom stereocenters. The van der Waals surface area contributed by atoms with Crippen LogP contribution in [0.3, 0.4) is 0 Å². The van der Waals surface area contributed by atoms with E-state index in [-0.39, 0.29) is 5.91 Å². The van der Waals surface area contributed by atoms with Crippen molar-refractivity contribution in [3.8, 4) is 0 Å². The number of hydrogen-bond donors (Lipinski definition) is 1. The third-order valence-electron chi connectivity index (χ3n) is 5.78. The number of anilines is 3. The minimum absolute atomic E-state index is 0.174. The predicted octanol–water partition coefficient (Wildman–Crippen LogP) is 3.36. The second-order valence-electron chi connectivity index (χ2n) is 7.80. The first-order chi connectivity index (χ1) is 13.7. The smallest absolute Gasteiger partial charge is 0.241 e. The van der Waals surface area contributed by atoms with Gasteiger partial charge in [-0.1, -0.05) is 12.1 Å². The van der Waals surface area contributed by atoms with Gasteiger partial charge in [0.15, 0.2) is 0 Å². The quantitative estimate of drug-likeness (QED) is 0.866. The summed E-state index contributed by atoms with van der Waals surface area (Å²) in [6.07, 6.45) is 2.57. The standard InChI is InChI=1S/C23H30N4O/c1-19-5-4-6-22(17-19)26-13-15-27(16-14-26)23(28)18-24-20-7-9-21(10-8-20)25-11-2-3-12-25/h4-10,17,24H,2-3,11-16,18H2,1H3. The fourth-order valence-corrected chi connectivity index (χ4v) is 4.09. The molecule has 1 N–H and O–H groups in total. The third-order valence-corrected chi connectivity index (χ3v) is 5.78. The van der Waals surface area contributed by atoms with Crippen molar-refractivity contribution in [2.24, 2.45) is 0 Å². The van der Waals surface area contributed by atoms with E-state index in [4.69, 9.17) is 0 Å². The van der Waals surface area contributed by atoms with Gasteiger partial charge in [0.1, 0.15) is 0 Å². The zero-order valence-corrected chi connectivity index (χ0v) is 16.7. The Kier molecular flexibility index (Phi) is 5.70. The maximum absolute atomic E-state index is 12.6. The molecule has 5 heteroatoms. The molecule has 4 rings (SSSR count). The second-order valence-corrected chi connectivity index (χ2v) is 7.80. The SMILES string of the molecule is Cc1cccc(N2CCN(C(=O)CNc3ccc(N4CCCC4)cc3)CC2)c1. The van der Waals surface area contributed by atoms with Crippen LogP contribution in [0.5, 0.6) is 0 Å². The molecule has 28 heavy (non-hydrogen) atoms. The fraction of sp³-hybridized carbons (Fsp3) is 0.435. The summed E-state index contributed by atoms with van der Waals surface area (Å²) in [5, 5.41) is 3.29. The normalized spacial score (nSPS) is 17.1. The minimum Gasteiger partial charge on any atom is -0.376 e. The van der Waals surface area contributed by atoms with E-state index in [1.54, 1.807) is 0 Å². The van der Waals surface area contributed by atoms with Crippen LogP contribution in [0.1, 0.15) is 18.4 Å². The van der Waals surface area contributed by atoms with E-state index in [2.05, 4.69) is 70.6 Å². The number of nitrogens with zero attached hydrogens (tertiary/aromatic N) is 3. The summed E-state index contributed by atoms with van der Waals surface area (Å²) >= 11 is 0. The maximum atomic E-state index is 12.6. The van der Waals surface area contributed by atoms with Gasteiger partial charge in [-0.25, -0.2) is 0 Å². The van der Waals surface area contributed by atoms with Crippen molar-refractivity contribution in [3.63, 3.8) is 0 Å². The molecule has 0 atom stereocenters. The summed E-state index contributed by atoms with van der Waals surface area (Å²) in [7, 11) is 0. The van der Waals surface area contributed by atoms with Crippen molar-refractivity contribution in [2.75, 3.05) is 60.9 Å². The number of carbonyl (C=O) groups excluding carboxylic acids is 1. The summed E-state index contributed by atoms with van der Waals surface area (Å²) in [5.41, 5.74) is 4.82. The summed E-state index contributed by atoms with van der Waals surface area (Å²) in [6, 6.07) is 17.0. The van der Waals surface area contributed by atoms with Crippen LogP contribution in [0.25, 0.3) is 0 Å². The first-order valence-electron chi connectivity index (χ1n) is 10.4. The van der Waals surface area contributed by atoms with E-state index in [0.717, 1.165) is 45.0 Å². The van der Waals surface area contributed by atoms with Crippen molar-refractivity contribution in [3.05, 3.63) is 54.1 Å². The highest BCUT2D eigenvalue weighted by atomic mass is 16.2. The van der Waals surface area contributed by atoms with Gasteiger partial charge in [0.05, 0.1) is 6.54 Å². The second kappa shape index (κ2) is 8.55. The van der Waals surface area contributed by atoms with E-state index < -0.39 is 0 Å². The largest absolute Gasteiger partial charge is 0.376 e. The van der Waals surface area contributed by atoms with Crippen LogP contribution in [0, 0.1) is 6.92 Å². The number of aryl methyl sites for hydroxylation is 1. The topological polar surface area (TPSA) is 38.8 Å². The average molecular weight is 379 g/mol. The number of carbonyl (C=O) groups is 1. The molecule has 0 spiro atoms. The van der Waals surface area contributed by atoms with Crippen LogP contribution < -0.4 is 15.1 Å². The van der Waals surface area contributed by atoms with Gasteiger partial charge < -0.3 is 20.0 Å². The molecule has 0 saturated carbocycles. The van der Waals surface area contributed by atoms with E-state index in [1.807, 2.05) is 4.90 Å². The number of piperazine rings is 1. The molecule has 1 amide bonds. The van der Waals surface area contributed by atoms with Crippen LogP contribution in [0.15, 0.2) is 48.5 Å². The van der Waals surface area contributed by atoms with E-state index in [1.165, 1.54) is 29.8 Å². The molecule has 148 valence electrons. The molecule has 2 aromatic carbocycles. The van der Waals surface area contributed by atoms with Crippen molar-refractivity contribution in [1.82, 2.24) is 4.90 Å². The van der Waals surface area contributed by atoms with Crippen LogP contribution in [-0.4, -0.2) is 56.6 Å². The van der Waals surface area contributed by atoms with Gasteiger partial charge in [0.25, 0.3) is 0 Å². The number of rotatable bonds is 5. The Labute approximate surface area is 167 Å². The molecular weight excluding hydrogens is 348 g/mol. The summed E-state index contributed by atoms with van der Waals surface area (Å²) in [4.78, 5) is 19.3. The minimum atomic E-state index is 0.174. The lowest BCUT2D eigenvalue weighted by atomic mass is 10.2. The summed E-state index contributed by atoms with van der Waals surface area (Å²) < 4.78 is 0. The molecule has 2 aliphatic rings. The Balaban J connectivity index is 1.24. The van der Waals surface area contributed by atoms with Crippen molar-refractivity contribution >= 4 is 23.0 Å². The zero-order chi connectivity index (χ0) is 19.3. The van der Waals surface area contributed by atoms with Crippen LogP contribution in [0.2, 0.25) is 0 Å². The maximum Gasteiger partial charge on any atom is 0.241 e. The van der Waals surface area contributed by atoms with Gasteiger partial charge in [-0.15, -0.1) is 0 Å². The van der Waals surface area contributed by atoms with Crippen molar-refractivity contribution in [1.29, 1.82) is 0 Å². The van der Waals surface area contributed by atoms with Crippen LogP contribution in [-0.2, 0) is 4.79 Å². The van der Waals surface area contributed by atoms with Crippen molar-refractivity contribution < 1.29 is 4.79 Å². The molecule has 5 nitrogen and oxygen atoms in total. The molecule has 0 aliphatic carbocycles. The Morgan fingerprint density at radius 3 is 2.21 bits per heavy atom. The van der Waals surface area contributed by atoms with Gasteiger partial charge in [-0.05, 0) is 61.7 Å². The van der Waals surface area contributed by atoms with E-state index in [9.17, 15) is 4.79 Å². The molecular formula is C23H30N4O. The van der Waals surface area contributed by atoms with Gasteiger partial charge in [0.2, 0.25) is 5.91 Å². The number of benzene rings is 2. The number of nitrogens with one attached hydrogen (secondary N) is 1. The Bertz CT molecular complexity index is 791. The Morgan fingerprint density at radius 2 is 1.54 bits per heavy atom. The van der Waals surface area contributed by atoms with Gasteiger partial charge >= 0.3 is 0 Å². The molecule has 2 saturated heterocycles. The Morgan fingerprint density at radius 1 is 0.857 bits per heavy atom. The molecule has 0 radical (unpaired) electrons.